The van der Waals surface area contributed by atoms with E-state index in [0.717, 1.165) is 0 Å². The molecule has 0 amide bonds. The zero-order valence-electron chi connectivity index (χ0n) is 25.1. The minimum Gasteiger partial charge on any atom is -0.0881 e. The van der Waals surface area contributed by atoms with Gasteiger partial charge in [0.2, 0.25) is 0 Å². The van der Waals surface area contributed by atoms with Gasteiger partial charge in [-0.3, -0.25) is 0 Å². The minimum absolute atomic E-state index is 0.452. The summed E-state index contributed by atoms with van der Waals surface area (Å²) >= 11 is 1.91. The molecule has 1 aliphatic heterocycles. The lowest BCUT2D eigenvalue weighted by Crippen LogP contribution is -2.28. The van der Waals surface area contributed by atoms with Gasteiger partial charge in [0.15, 0.2) is 0 Å². The Labute approximate surface area is 273 Å². The number of hydrogen-bond acceptors (Lipinski definition) is 1. The second kappa shape index (κ2) is 9.81. The molecule has 0 nitrogen and oxygen atoms in total. The number of hydrogen-bond donors (Lipinski definition) is 0. The first-order valence-electron chi connectivity index (χ1n) is 15.9. The van der Waals surface area contributed by atoms with Gasteiger partial charge in [-0.2, -0.15) is 0 Å². The Kier molecular flexibility index (Phi) is 5.53. The molecule has 46 heavy (non-hydrogen) atoms. The zero-order valence-corrected chi connectivity index (χ0v) is 25.9. The van der Waals surface area contributed by atoms with E-state index in [1.165, 1.54) is 87.0 Å². The van der Waals surface area contributed by atoms with Crippen molar-refractivity contribution < 1.29 is 0 Å². The van der Waals surface area contributed by atoms with Gasteiger partial charge in [0.25, 0.3) is 0 Å². The van der Waals surface area contributed by atoms with Crippen LogP contribution >= 0.6 is 11.8 Å². The molecule has 0 saturated heterocycles. The largest absolute Gasteiger partial charge is 0.0881 e. The van der Waals surface area contributed by atoms with Crippen LogP contribution in [0.3, 0.4) is 0 Å². The summed E-state index contributed by atoms with van der Waals surface area (Å²) in [6.07, 6.45) is 0. The van der Waals surface area contributed by atoms with E-state index < -0.39 is 5.41 Å². The van der Waals surface area contributed by atoms with Crippen LogP contribution in [0.5, 0.6) is 0 Å². The number of rotatable bonds is 3. The van der Waals surface area contributed by atoms with E-state index in [2.05, 4.69) is 170 Å². The first-order valence-corrected chi connectivity index (χ1v) is 16.7. The highest BCUT2D eigenvalue weighted by Crippen LogP contribution is 2.58. The molecule has 214 valence electrons. The fraction of sp³-hybridized carbons (Fsp3) is 0.0222. The molecule has 0 spiro atoms. The molecule has 0 bridgehead atoms. The summed E-state index contributed by atoms with van der Waals surface area (Å²) in [6.45, 7) is 0. The van der Waals surface area contributed by atoms with E-state index in [9.17, 15) is 0 Å². The lowest BCUT2D eigenvalue weighted by Gasteiger charge is -2.34. The molecule has 0 unspecified atom stereocenters. The topological polar surface area (TPSA) is 0 Å². The van der Waals surface area contributed by atoms with Gasteiger partial charge in [-0.25, -0.2) is 0 Å². The van der Waals surface area contributed by atoms with Gasteiger partial charge in [0, 0.05) is 15.2 Å². The monoisotopic (exact) mass is 600 g/mol. The minimum atomic E-state index is -0.452. The smallest absolute Gasteiger partial charge is 0.0714 e. The third-order valence-corrected chi connectivity index (χ3v) is 11.3. The van der Waals surface area contributed by atoms with Crippen molar-refractivity contribution in [2.75, 3.05) is 0 Å². The molecule has 10 rings (SSSR count). The van der Waals surface area contributed by atoms with Gasteiger partial charge < -0.3 is 0 Å². The van der Waals surface area contributed by atoms with Gasteiger partial charge in [0.1, 0.15) is 0 Å². The molecule has 8 aromatic carbocycles. The molecule has 2 aliphatic rings. The molecule has 1 aliphatic carbocycles. The molecule has 0 radical (unpaired) electrons. The van der Waals surface area contributed by atoms with E-state index in [0.29, 0.717) is 0 Å². The Hall–Kier alpha value is -5.37. The third-order valence-electron chi connectivity index (χ3n) is 10.1. The molecule has 0 saturated carbocycles. The maximum absolute atomic E-state index is 2.50. The van der Waals surface area contributed by atoms with Crippen molar-refractivity contribution in [2.45, 2.75) is 15.2 Å². The first-order chi connectivity index (χ1) is 22.8. The van der Waals surface area contributed by atoms with Crippen molar-refractivity contribution in [3.63, 3.8) is 0 Å². The lowest BCUT2D eigenvalue weighted by molar-refractivity contribution is 0.770. The Morgan fingerprint density at radius 3 is 1.76 bits per heavy atom. The van der Waals surface area contributed by atoms with E-state index >= 15 is 0 Å². The quantitative estimate of drug-likeness (QED) is 0.194. The van der Waals surface area contributed by atoms with Crippen LogP contribution in [0.1, 0.15) is 22.3 Å². The summed E-state index contributed by atoms with van der Waals surface area (Å²) in [5.74, 6) is 0. The maximum Gasteiger partial charge on any atom is 0.0714 e. The molecular weight excluding hydrogens is 573 g/mol. The SMILES string of the molecule is c1ccc(C2(c3ccccc3)c3cc(-c4ccc5cccc6c5c4Sc4ccccc4-6)ccc3-c3cc4ccccc4cc32)cc1. The second-order valence-electron chi connectivity index (χ2n) is 12.4. The Bertz CT molecular complexity index is 2450. The Balaban J connectivity index is 1.30. The predicted molar refractivity (Wildman–Crippen MR) is 194 cm³/mol. The second-order valence-corrected chi connectivity index (χ2v) is 13.5. The molecule has 1 heterocycles. The van der Waals surface area contributed by atoms with Crippen molar-refractivity contribution in [3.05, 3.63) is 192 Å². The van der Waals surface area contributed by atoms with Crippen LogP contribution in [0.4, 0.5) is 0 Å². The fourth-order valence-corrected chi connectivity index (χ4v) is 9.41. The summed E-state index contributed by atoms with van der Waals surface area (Å²) in [5.41, 5.74) is 12.6. The average molecular weight is 601 g/mol. The van der Waals surface area contributed by atoms with Crippen molar-refractivity contribution >= 4 is 33.3 Å². The van der Waals surface area contributed by atoms with Crippen LogP contribution in [0.2, 0.25) is 0 Å². The van der Waals surface area contributed by atoms with E-state index in [4.69, 9.17) is 0 Å². The summed E-state index contributed by atoms with van der Waals surface area (Å²) in [5, 5.41) is 5.19. The normalized spacial score (nSPS) is 13.7. The van der Waals surface area contributed by atoms with Crippen molar-refractivity contribution in [1.29, 1.82) is 0 Å². The van der Waals surface area contributed by atoms with E-state index in [1.807, 2.05) is 11.8 Å². The molecule has 1 heteroatoms. The highest BCUT2D eigenvalue weighted by atomic mass is 32.2. The van der Waals surface area contributed by atoms with Crippen molar-refractivity contribution in [1.82, 2.24) is 0 Å². The summed E-state index contributed by atoms with van der Waals surface area (Å²) in [4.78, 5) is 2.66. The van der Waals surface area contributed by atoms with Crippen LogP contribution in [-0.2, 0) is 5.41 Å². The van der Waals surface area contributed by atoms with Gasteiger partial charge in [-0.1, -0.05) is 157 Å². The first kappa shape index (κ1) is 25.9. The molecule has 0 aromatic heterocycles. The predicted octanol–water partition coefficient (Wildman–Crippen LogP) is 12.2. The maximum atomic E-state index is 2.50. The van der Waals surface area contributed by atoms with Crippen LogP contribution in [-0.4, -0.2) is 0 Å². The number of benzene rings is 8. The molecule has 0 fully saturated rings. The van der Waals surface area contributed by atoms with Gasteiger partial charge >= 0.3 is 0 Å². The fourth-order valence-electron chi connectivity index (χ4n) is 8.13. The molecule has 0 atom stereocenters. The summed E-state index contributed by atoms with van der Waals surface area (Å²) in [7, 11) is 0. The summed E-state index contributed by atoms with van der Waals surface area (Å²) < 4.78 is 0. The van der Waals surface area contributed by atoms with Crippen molar-refractivity contribution in [2.24, 2.45) is 0 Å². The Morgan fingerprint density at radius 2 is 0.978 bits per heavy atom. The Morgan fingerprint density at radius 1 is 0.370 bits per heavy atom. The number of fused-ring (bicyclic) bond motifs is 6. The molecule has 0 N–H and O–H groups in total. The van der Waals surface area contributed by atoms with Crippen LogP contribution in [0.15, 0.2) is 180 Å². The third kappa shape index (κ3) is 3.52. The molecule has 8 aromatic rings. The van der Waals surface area contributed by atoms with Gasteiger partial charge in [0.05, 0.1) is 5.41 Å². The van der Waals surface area contributed by atoms with E-state index in [1.54, 1.807) is 0 Å². The van der Waals surface area contributed by atoms with Crippen molar-refractivity contribution in [3.8, 4) is 33.4 Å². The highest BCUT2D eigenvalue weighted by molar-refractivity contribution is 8.00. The van der Waals surface area contributed by atoms with Crippen LogP contribution in [0.25, 0.3) is 54.9 Å². The summed E-state index contributed by atoms with van der Waals surface area (Å²) in [6, 6.07) is 63.3. The standard InChI is InChI=1S/C45H28S/c1-3-15-33(16-4-1)45(34-17-5-2-6-18-34)40-28-32(23-25-36(40)39-26-30-12-7-8-13-31(30)27-41(39)45)35-24-22-29-14-11-20-38-37-19-9-10-21-42(37)46-44(35)43(29)38/h1-28H. The van der Waals surface area contributed by atoms with Gasteiger partial charge in [-0.15, -0.1) is 0 Å². The van der Waals surface area contributed by atoms with Crippen LogP contribution in [0, 0.1) is 0 Å². The lowest BCUT2D eigenvalue weighted by atomic mass is 9.67. The van der Waals surface area contributed by atoms with E-state index in [-0.39, 0.29) is 0 Å². The van der Waals surface area contributed by atoms with Gasteiger partial charge in [-0.05, 0) is 96.1 Å². The highest BCUT2D eigenvalue weighted by Gasteiger charge is 2.46. The average Bonchev–Trinajstić information content (AvgIpc) is 3.41. The molecular formula is C45H28S. The zero-order chi connectivity index (χ0) is 30.2. The van der Waals surface area contributed by atoms with Crippen LogP contribution < -0.4 is 0 Å².